The van der Waals surface area contributed by atoms with Gasteiger partial charge in [-0.3, -0.25) is 4.79 Å². The number of benzene rings is 3. The van der Waals surface area contributed by atoms with Gasteiger partial charge in [-0.25, -0.2) is 4.79 Å². The summed E-state index contributed by atoms with van der Waals surface area (Å²) in [6, 6.07) is 24.6. The summed E-state index contributed by atoms with van der Waals surface area (Å²) in [6.45, 7) is 2.01. The summed E-state index contributed by atoms with van der Waals surface area (Å²) in [5.74, 6) is 0.388. The normalized spacial score (nSPS) is 10.6. The van der Waals surface area contributed by atoms with Gasteiger partial charge in [-0.1, -0.05) is 30.3 Å². The van der Waals surface area contributed by atoms with Crippen molar-refractivity contribution in [3.8, 4) is 17.6 Å². The summed E-state index contributed by atoms with van der Waals surface area (Å²) in [7, 11) is 0. The number of esters is 1. The van der Waals surface area contributed by atoms with E-state index in [1.807, 2.05) is 36.4 Å². The molecule has 0 aromatic heterocycles. The van der Waals surface area contributed by atoms with Gasteiger partial charge in [0.15, 0.2) is 0 Å². The molecule has 0 unspecified atom stereocenters. The van der Waals surface area contributed by atoms with Gasteiger partial charge in [0.05, 0.1) is 12.2 Å². The third kappa shape index (κ3) is 6.05. The Morgan fingerprint density at radius 2 is 1.58 bits per heavy atom. The second-order valence-corrected chi connectivity index (χ2v) is 6.41. The van der Waals surface area contributed by atoms with Crippen LogP contribution in [-0.2, 0) is 9.53 Å². The highest BCUT2D eigenvalue weighted by Crippen LogP contribution is 2.22. The van der Waals surface area contributed by atoms with Crippen LogP contribution in [0, 0.1) is 11.3 Å². The van der Waals surface area contributed by atoms with Crippen molar-refractivity contribution in [2.45, 2.75) is 6.92 Å². The van der Waals surface area contributed by atoms with E-state index < -0.39 is 11.9 Å². The van der Waals surface area contributed by atoms with Gasteiger partial charge in [0.25, 0.3) is 5.91 Å². The molecule has 6 nitrogen and oxygen atoms in total. The molecule has 0 spiro atoms. The maximum absolute atomic E-state index is 12.5. The first-order valence-electron chi connectivity index (χ1n) is 9.62. The molecule has 6 heteroatoms. The molecule has 0 fully saturated rings. The Morgan fingerprint density at radius 1 is 0.935 bits per heavy atom. The molecular weight excluding hydrogens is 392 g/mol. The van der Waals surface area contributed by atoms with Crippen LogP contribution >= 0.6 is 0 Å². The number of carbonyl (C=O) groups is 2. The van der Waals surface area contributed by atoms with Gasteiger partial charge >= 0.3 is 5.97 Å². The van der Waals surface area contributed by atoms with Crippen LogP contribution in [0.1, 0.15) is 22.8 Å². The van der Waals surface area contributed by atoms with E-state index in [4.69, 9.17) is 9.47 Å². The molecule has 0 aliphatic rings. The lowest BCUT2D eigenvalue weighted by atomic mass is 10.1. The predicted molar refractivity (Wildman–Crippen MR) is 118 cm³/mol. The zero-order valence-corrected chi connectivity index (χ0v) is 16.9. The lowest BCUT2D eigenvalue weighted by Crippen LogP contribution is -2.13. The standard InChI is InChI=1S/C25H20N2O4/c1-2-30-25(29)19-10-12-21(13-11-19)27-24(28)20(17-26)16-18-8-14-23(15-9-18)31-22-6-4-3-5-7-22/h3-16H,2H2,1H3,(H,27,28)/b20-16+. The molecule has 3 rings (SSSR count). The van der Waals surface area contributed by atoms with Crippen LogP contribution in [-0.4, -0.2) is 18.5 Å². The molecular formula is C25H20N2O4. The lowest BCUT2D eigenvalue weighted by Gasteiger charge is -2.07. The van der Waals surface area contributed by atoms with Gasteiger partial charge in [0, 0.05) is 5.69 Å². The minimum atomic E-state index is -0.545. The molecule has 0 atom stereocenters. The molecule has 1 N–H and O–H groups in total. The first-order chi connectivity index (χ1) is 15.1. The zero-order valence-electron chi connectivity index (χ0n) is 16.9. The minimum Gasteiger partial charge on any atom is -0.462 e. The van der Waals surface area contributed by atoms with Crippen LogP contribution in [0.2, 0.25) is 0 Å². The van der Waals surface area contributed by atoms with E-state index in [1.54, 1.807) is 55.5 Å². The maximum Gasteiger partial charge on any atom is 0.338 e. The Kier molecular flexibility index (Phi) is 7.17. The molecule has 0 aliphatic heterocycles. The zero-order chi connectivity index (χ0) is 22.1. The number of nitriles is 1. The Hall–Kier alpha value is -4.37. The Morgan fingerprint density at radius 3 is 2.19 bits per heavy atom. The average Bonchev–Trinajstić information content (AvgIpc) is 2.80. The Bertz CT molecular complexity index is 1110. The fraction of sp³-hybridized carbons (Fsp3) is 0.0800. The molecule has 0 aliphatic carbocycles. The molecule has 31 heavy (non-hydrogen) atoms. The van der Waals surface area contributed by atoms with E-state index in [9.17, 15) is 14.9 Å². The van der Waals surface area contributed by atoms with E-state index in [-0.39, 0.29) is 12.2 Å². The van der Waals surface area contributed by atoms with Crippen LogP contribution in [0.15, 0.2) is 84.4 Å². The number of ether oxygens (including phenoxy) is 2. The first kappa shape index (κ1) is 21.3. The highest BCUT2D eigenvalue weighted by molar-refractivity contribution is 6.09. The summed E-state index contributed by atoms with van der Waals surface area (Å²) in [4.78, 5) is 24.2. The fourth-order valence-corrected chi connectivity index (χ4v) is 2.67. The lowest BCUT2D eigenvalue weighted by molar-refractivity contribution is -0.112. The number of para-hydroxylation sites is 1. The van der Waals surface area contributed by atoms with Crippen LogP contribution in [0.3, 0.4) is 0 Å². The molecule has 0 saturated carbocycles. The van der Waals surface area contributed by atoms with E-state index >= 15 is 0 Å². The van der Waals surface area contributed by atoms with Crippen molar-refractivity contribution in [1.29, 1.82) is 5.26 Å². The van der Waals surface area contributed by atoms with E-state index in [0.717, 1.165) is 5.75 Å². The number of carbonyl (C=O) groups excluding carboxylic acids is 2. The molecule has 1 amide bonds. The van der Waals surface area contributed by atoms with Crippen LogP contribution in [0.4, 0.5) is 5.69 Å². The molecule has 3 aromatic carbocycles. The van der Waals surface area contributed by atoms with Crippen molar-refractivity contribution in [2.75, 3.05) is 11.9 Å². The number of hydrogen-bond donors (Lipinski definition) is 1. The first-order valence-corrected chi connectivity index (χ1v) is 9.62. The molecule has 0 saturated heterocycles. The van der Waals surface area contributed by atoms with Crippen molar-refractivity contribution in [3.05, 3.63) is 95.6 Å². The van der Waals surface area contributed by atoms with Crippen molar-refractivity contribution in [3.63, 3.8) is 0 Å². The van der Waals surface area contributed by atoms with Crippen molar-refractivity contribution < 1.29 is 19.1 Å². The molecule has 0 heterocycles. The fourth-order valence-electron chi connectivity index (χ4n) is 2.67. The minimum absolute atomic E-state index is 0.0498. The third-order valence-electron chi connectivity index (χ3n) is 4.19. The second-order valence-electron chi connectivity index (χ2n) is 6.41. The number of anilines is 1. The number of rotatable bonds is 7. The number of nitrogens with one attached hydrogen (secondary N) is 1. The molecule has 3 aromatic rings. The summed E-state index contributed by atoms with van der Waals surface area (Å²) >= 11 is 0. The second kappa shape index (κ2) is 10.4. The molecule has 0 radical (unpaired) electrons. The Labute approximate surface area is 180 Å². The van der Waals surface area contributed by atoms with Crippen LogP contribution < -0.4 is 10.1 Å². The topological polar surface area (TPSA) is 88.4 Å². The molecule has 154 valence electrons. The van der Waals surface area contributed by atoms with Crippen molar-refractivity contribution in [2.24, 2.45) is 0 Å². The summed E-state index contributed by atoms with van der Waals surface area (Å²) in [6.07, 6.45) is 1.49. The van der Waals surface area contributed by atoms with Crippen molar-refractivity contribution >= 4 is 23.6 Å². The number of amides is 1. The van der Waals surface area contributed by atoms with Gasteiger partial charge in [0.1, 0.15) is 23.1 Å². The highest BCUT2D eigenvalue weighted by Gasteiger charge is 2.11. The SMILES string of the molecule is CCOC(=O)c1ccc(NC(=O)/C(C#N)=C/c2ccc(Oc3ccccc3)cc2)cc1. The van der Waals surface area contributed by atoms with E-state index in [0.29, 0.717) is 22.6 Å². The number of nitrogens with zero attached hydrogens (tertiary/aromatic N) is 1. The quantitative estimate of drug-likeness (QED) is 0.327. The monoisotopic (exact) mass is 412 g/mol. The number of hydrogen-bond acceptors (Lipinski definition) is 5. The molecule has 0 bridgehead atoms. The largest absolute Gasteiger partial charge is 0.462 e. The van der Waals surface area contributed by atoms with E-state index in [1.165, 1.54) is 6.08 Å². The Balaban J connectivity index is 1.66. The van der Waals surface area contributed by atoms with Gasteiger partial charge in [-0.05, 0) is 67.1 Å². The van der Waals surface area contributed by atoms with Crippen LogP contribution in [0.5, 0.6) is 11.5 Å². The predicted octanol–water partition coefficient (Wildman–Crippen LogP) is 5.20. The third-order valence-corrected chi connectivity index (χ3v) is 4.19. The van der Waals surface area contributed by atoms with Gasteiger partial charge in [-0.2, -0.15) is 5.26 Å². The summed E-state index contributed by atoms with van der Waals surface area (Å²) in [5.41, 5.74) is 1.48. The average molecular weight is 412 g/mol. The van der Waals surface area contributed by atoms with Gasteiger partial charge < -0.3 is 14.8 Å². The van der Waals surface area contributed by atoms with Gasteiger partial charge in [0.2, 0.25) is 0 Å². The smallest absolute Gasteiger partial charge is 0.338 e. The summed E-state index contributed by atoms with van der Waals surface area (Å²) < 4.78 is 10.7. The maximum atomic E-state index is 12.5. The van der Waals surface area contributed by atoms with E-state index in [2.05, 4.69) is 5.32 Å². The summed E-state index contributed by atoms with van der Waals surface area (Å²) in [5, 5.41) is 12.0. The van der Waals surface area contributed by atoms with Crippen molar-refractivity contribution in [1.82, 2.24) is 0 Å². The van der Waals surface area contributed by atoms with Crippen LogP contribution in [0.25, 0.3) is 6.08 Å². The van der Waals surface area contributed by atoms with Gasteiger partial charge in [-0.15, -0.1) is 0 Å². The highest BCUT2D eigenvalue weighted by atomic mass is 16.5.